The Morgan fingerprint density at radius 3 is 2.91 bits per heavy atom. The number of nitrogens with zero attached hydrogens (tertiary/aromatic N) is 2. The first-order chi connectivity index (χ1) is 11.1. The molecule has 0 radical (unpaired) electrons. The van der Waals surface area contributed by atoms with Gasteiger partial charge in [-0.2, -0.15) is 0 Å². The molecule has 0 spiro atoms. The maximum absolute atomic E-state index is 12.5. The number of rotatable bonds is 3. The lowest BCUT2D eigenvalue weighted by atomic mass is 9.93. The molecule has 23 heavy (non-hydrogen) atoms. The quantitative estimate of drug-likeness (QED) is 0.908. The lowest BCUT2D eigenvalue weighted by Gasteiger charge is -2.36. The van der Waals surface area contributed by atoms with Crippen LogP contribution in [-0.2, 0) is 13.0 Å². The summed E-state index contributed by atoms with van der Waals surface area (Å²) in [6.07, 6.45) is 0.814. The molecule has 3 rings (SSSR count). The Morgan fingerprint density at radius 1 is 1.43 bits per heavy atom. The van der Waals surface area contributed by atoms with Crippen LogP contribution in [-0.4, -0.2) is 34.2 Å². The second-order valence-corrected chi connectivity index (χ2v) is 7.14. The number of aliphatic hydroxyl groups excluding tert-OH is 1. The zero-order valence-electron chi connectivity index (χ0n) is 13.4. The first-order valence-electron chi connectivity index (χ1n) is 7.76. The van der Waals surface area contributed by atoms with Gasteiger partial charge in [-0.25, -0.2) is 9.78 Å². The Morgan fingerprint density at radius 2 is 2.22 bits per heavy atom. The van der Waals surface area contributed by atoms with Crippen LogP contribution in [0, 0.1) is 13.8 Å². The van der Waals surface area contributed by atoms with Crippen molar-refractivity contribution >= 4 is 17.4 Å². The SMILES string of the molecule is Cc1nc(CNC(=O)N2CCc3ccccc3C2CO)c(C)s1. The molecular formula is C17H21N3O2S. The predicted molar refractivity (Wildman–Crippen MR) is 90.5 cm³/mol. The number of benzene rings is 1. The third-order valence-corrected chi connectivity index (χ3v) is 5.18. The molecule has 1 aromatic heterocycles. The van der Waals surface area contributed by atoms with Crippen molar-refractivity contribution in [3.63, 3.8) is 0 Å². The van der Waals surface area contributed by atoms with Gasteiger partial charge in [-0.05, 0) is 31.4 Å². The van der Waals surface area contributed by atoms with Crippen molar-refractivity contribution in [1.29, 1.82) is 0 Å². The van der Waals surface area contributed by atoms with Gasteiger partial charge in [0, 0.05) is 11.4 Å². The molecule has 1 aliphatic heterocycles. The van der Waals surface area contributed by atoms with Gasteiger partial charge in [0.2, 0.25) is 0 Å². The average Bonchev–Trinajstić information content (AvgIpc) is 2.89. The molecule has 5 nitrogen and oxygen atoms in total. The van der Waals surface area contributed by atoms with Gasteiger partial charge < -0.3 is 15.3 Å². The third-order valence-electron chi connectivity index (χ3n) is 4.25. The van der Waals surface area contributed by atoms with Crippen LogP contribution in [0.1, 0.15) is 32.7 Å². The van der Waals surface area contributed by atoms with Gasteiger partial charge in [0.05, 0.1) is 29.9 Å². The summed E-state index contributed by atoms with van der Waals surface area (Å²) >= 11 is 1.64. The first kappa shape index (κ1) is 16.0. The molecule has 1 aromatic carbocycles. The van der Waals surface area contributed by atoms with Crippen molar-refractivity contribution in [2.45, 2.75) is 32.9 Å². The smallest absolute Gasteiger partial charge is 0.318 e. The van der Waals surface area contributed by atoms with E-state index in [1.54, 1.807) is 16.2 Å². The highest BCUT2D eigenvalue weighted by Gasteiger charge is 2.30. The summed E-state index contributed by atoms with van der Waals surface area (Å²) in [5, 5.41) is 13.7. The molecule has 0 bridgehead atoms. The number of carbonyl (C=O) groups is 1. The third kappa shape index (κ3) is 3.23. The summed E-state index contributed by atoms with van der Waals surface area (Å²) in [5.74, 6) is 0. The second kappa shape index (κ2) is 6.68. The van der Waals surface area contributed by atoms with E-state index in [4.69, 9.17) is 0 Å². The van der Waals surface area contributed by atoms with E-state index in [-0.39, 0.29) is 18.7 Å². The zero-order chi connectivity index (χ0) is 16.4. The average molecular weight is 331 g/mol. The van der Waals surface area contributed by atoms with Crippen LogP contribution in [0.15, 0.2) is 24.3 Å². The van der Waals surface area contributed by atoms with Crippen molar-refractivity contribution in [3.8, 4) is 0 Å². The van der Waals surface area contributed by atoms with Crippen LogP contribution in [0.2, 0.25) is 0 Å². The number of hydrogen-bond acceptors (Lipinski definition) is 4. The molecule has 1 unspecified atom stereocenters. The highest BCUT2D eigenvalue weighted by molar-refractivity contribution is 7.11. The Labute approximate surface area is 140 Å². The molecule has 0 saturated carbocycles. The summed E-state index contributed by atoms with van der Waals surface area (Å²) in [4.78, 5) is 19.8. The van der Waals surface area contributed by atoms with Crippen molar-refractivity contribution < 1.29 is 9.90 Å². The van der Waals surface area contributed by atoms with Crippen LogP contribution < -0.4 is 5.32 Å². The highest BCUT2D eigenvalue weighted by Crippen LogP contribution is 2.29. The van der Waals surface area contributed by atoms with Crippen LogP contribution in [0.5, 0.6) is 0 Å². The lowest BCUT2D eigenvalue weighted by Crippen LogP contribution is -2.46. The van der Waals surface area contributed by atoms with Crippen molar-refractivity contribution in [2.24, 2.45) is 0 Å². The molecule has 2 N–H and O–H groups in total. The summed E-state index contributed by atoms with van der Waals surface area (Å²) in [6, 6.07) is 7.57. The number of urea groups is 1. The van der Waals surface area contributed by atoms with Crippen LogP contribution in [0.25, 0.3) is 0 Å². The van der Waals surface area contributed by atoms with E-state index in [0.29, 0.717) is 13.1 Å². The number of fused-ring (bicyclic) bond motifs is 1. The molecule has 1 atom stereocenters. The standard InChI is InChI=1S/C17H21N3O2S/c1-11-15(19-12(2)23-11)9-18-17(22)20-8-7-13-5-3-4-6-14(13)16(20)10-21/h3-6,16,21H,7-10H2,1-2H3,(H,18,22). The fourth-order valence-corrected chi connectivity index (χ4v) is 3.92. The molecule has 1 aliphatic rings. The molecule has 2 aromatic rings. The Bertz CT molecular complexity index is 714. The molecular weight excluding hydrogens is 310 g/mol. The Hall–Kier alpha value is -1.92. The van der Waals surface area contributed by atoms with E-state index in [9.17, 15) is 9.90 Å². The van der Waals surface area contributed by atoms with Gasteiger partial charge in [-0.15, -0.1) is 11.3 Å². The number of aryl methyl sites for hydroxylation is 2. The normalized spacial score (nSPS) is 17.0. The van der Waals surface area contributed by atoms with Gasteiger partial charge in [-0.1, -0.05) is 24.3 Å². The van der Waals surface area contributed by atoms with E-state index in [2.05, 4.69) is 16.4 Å². The van der Waals surface area contributed by atoms with Crippen molar-refractivity contribution in [3.05, 3.63) is 51.0 Å². The number of thiazole rings is 1. The fraction of sp³-hybridized carbons (Fsp3) is 0.412. The molecule has 6 heteroatoms. The van der Waals surface area contributed by atoms with Crippen LogP contribution in [0.3, 0.4) is 0 Å². The van der Waals surface area contributed by atoms with Gasteiger partial charge >= 0.3 is 6.03 Å². The predicted octanol–water partition coefficient (Wildman–Crippen LogP) is 2.56. The fourth-order valence-electron chi connectivity index (χ4n) is 3.09. The van der Waals surface area contributed by atoms with E-state index in [0.717, 1.165) is 27.6 Å². The largest absolute Gasteiger partial charge is 0.394 e. The number of hydrogen-bond donors (Lipinski definition) is 2. The highest BCUT2D eigenvalue weighted by atomic mass is 32.1. The minimum Gasteiger partial charge on any atom is -0.394 e. The van der Waals surface area contributed by atoms with E-state index >= 15 is 0 Å². The number of nitrogens with one attached hydrogen (secondary N) is 1. The molecule has 0 saturated heterocycles. The first-order valence-corrected chi connectivity index (χ1v) is 8.58. The minimum absolute atomic E-state index is 0.0702. The monoisotopic (exact) mass is 331 g/mol. The van der Waals surface area contributed by atoms with Crippen LogP contribution in [0.4, 0.5) is 4.79 Å². The van der Waals surface area contributed by atoms with Gasteiger partial charge in [-0.3, -0.25) is 0 Å². The van der Waals surface area contributed by atoms with E-state index in [1.165, 1.54) is 5.56 Å². The minimum atomic E-state index is -0.279. The topological polar surface area (TPSA) is 65.5 Å². The Kier molecular flexibility index (Phi) is 4.63. The summed E-state index contributed by atoms with van der Waals surface area (Å²) in [7, 11) is 0. The summed E-state index contributed by atoms with van der Waals surface area (Å²) in [5.41, 5.74) is 3.16. The Balaban J connectivity index is 1.71. The van der Waals surface area contributed by atoms with E-state index in [1.807, 2.05) is 32.0 Å². The van der Waals surface area contributed by atoms with Crippen molar-refractivity contribution in [2.75, 3.05) is 13.2 Å². The maximum Gasteiger partial charge on any atom is 0.318 e. The van der Waals surface area contributed by atoms with E-state index < -0.39 is 0 Å². The molecule has 0 fully saturated rings. The number of aliphatic hydroxyl groups is 1. The number of amides is 2. The summed E-state index contributed by atoms with van der Waals surface area (Å²) in [6.45, 7) is 4.94. The number of aromatic nitrogens is 1. The second-order valence-electron chi connectivity index (χ2n) is 5.74. The number of carbonyl (C=O) groups excluding carboxylic acids is 1. The molecule has 0 aliphatic carbocycles. The zero-order valence-corrected chi connectivity index (χ0v) is 14.2. The van der Waals surface area contributed by atoms with Gasteiger partial charge in [0.15, 0.2) is 0 Å². The van der Waals surface area contributed by atoms with Crippen LogP contribution >= 0.6 is 11.3 Å². The van der Waals surface area contributed by atoms with Gasteiger partial charge in [0.1, 0.15) is 0 Å². The van der Waals surface area contributed by atoms with Crippen molar-refractivity contribution in [1.82, 2.24) is 15.2 Å². The van der Waals surface area contributed by atoms with Gasteiger partial charge in [0.25, 0.3) is 0 Å². The molecule has 2 amide bonds. The maximum atomic E-state index is 12.5. The molecule has 2 heterocycles. The lowest BCUT2D eigenvalue weighted by molar-refractivity contribution is 0.126. The summed E-state index contributed by atoms with van der Waals surface area (Å²) < 4.78 is 0. The molecule has 122 valence electrons.